The first-order valence-corrected chi connectivity index (χ1v) is 5.92. The van der Waals surface area contributed by atoms with Gasteiger partial charge >= 0.3 is 0 Å². The van der Waals surface area contributed by atoms with E-state index in [2.05, 4.69) is 37.9 Å². The summed E-state index contributed by atoms with van der Waals surface area (Å²) in [7, 11) is 0. The van der Waals surface area contributed by atoms with Gasteiger partial charge in [-0.1, -0.05) is 12.2 Å². The molecule has 1 rings (SSSR count). The molecule has 0 aromatic rings. The molecular weight excluding hydrogens is 192 g/mol. The summed E-state index contributed by atoms with van der Waals surface area (Å²) in [5.74, 6) is 0. The Labute approximate surface area is 93.1 Å². The largest absolute Gasteiger partial charge is 0.308 e. The molecule has 1 aliphatic heterocycles. The first-order chi connectivity index (χ1) is 6.50. The van der Waals surface area contributed by atoms with Gasteiger partial charge in [-0.2, -0.15) is 0 Å². The Bertz CT molecular complexity index is 193. The number of hydrogen-bond acceptors (Lipinski definition) is 3. The average molecular weight is 214 g/mol. The molecule has 14 heavy (non-hydrogen) atoms. The van der Waals surface area contributed by atoms with Gasteiger partial charge in [-0.15, -0.1) is 0 Å². The maximum absolute atomic E-state index is 5.20. The van der Waals surface area contributed by atoms with Crippen LogP contribution >= 0.6 is 12.2 Å². The maximum Gasteiger partial charge on any atom is 0.0273 e. The van der Waals surface area contributed by atoms with E-state index in [-0.39, 0.29) is 0 Å². The number of hydrogen-bond donors (Lipinski definition) is 1. The highest BCUT2D eigenvalue weighted by molar-refractivity contribution is 7.80. The van der Waals surface area contributed by atoms with Crippen molar-refractivity contribution in [3.05, 3.63) is 0 Å². The molecule has 82 valence electrons. The molecule has 2 nitrogen and oxygen atoms in total. The Morgan fingerprint density at radius 1 is 1.36 bits per heavy atom. The average Bonchev–Trinajstić information content (AvgIpc) is 2.46. The smallest absolute Gasteiger partial charge is 0.0273 e. The Balaban J connectivity index is 2.43. The molecule has 3 heteroatoms. The van der Waals surface area contributed by atoms with Gasteiger partial charge in [0, 0.05) is 36.1 Å². The lowest BCUT2D eigenvalue weighted by Crippen LogP contribution is -2.44. The number of rotatable bonds is 4. The van der Waals surface area contributed by atoms with Crippen molar-refractivity contribution in [3.8, 4) is 0 Å². The summed E-state index contributed by atoms with van der Waals surface area (Å²) in [4.78, 5) is 3.70. The Morgan fingerprint density at radius 3 is 2.29 bits per heavy atom. The van der Waals surface area contributed by atoms with E-state index >= 15 is 0 Å². The molecule has 0 aromatic heterocycles. The van der Waals surface area contributed by atoms with Crippen molar-refractivity contribution in [1.82, 2.24) is 10.2 Å². The third-order valence-corrected chi connectivity index (χ3v) is 3.13. The van der Waals surface area contributed by atoms with Crippen LogP contribution in [0.5, 0.6) is 0 Å². The molecule has 0 amide bonds. The van der Waals surface area contributed by atoms with E-state index in [4.69, 9.17) is 12.2 Å². The van der Waals surface area contributed by atoms with Crippen LogP contribution in [0.15, 0.2) is 0 Å². The van der Waals surface area contributed by atoms with Gasteiger partial charge < -0.3 is 5.32 Å². The van der Waals surface area contributed by atoms with E-state index in [1.165, 1.54) is 4.86 Å². The molecule has 1 saturated heterocycles. The molecule has 1 N–H and O–H groups in total. The van der Waals surface area contributed by atoms with Crippen LogP contribution in [0.25, 0.3) is 0 Å². The zero-order valence-electron chi connectivity index (χ0n) is 9.71. The highest BCUT2D eigenvalue weighted by atomic mass is 32.1. The Hall–Kier alpha value is 0.01000. The second-order valence-corrected chi connectivity index (χ2v) is 5.28. The molecule has 0 bridgehead atoms. The molecule has 0 aromatic carbocycles. The maximum atomic E-state index is 5.20. The van der Waals surface area contributed by atoms with Gasteiger partial charge in [0.1, 0.15) is 0 Å². The lowest BCUT2D eigenvalue weighted by atomic mass is 10.1. The van der Waals surface area contributed by atoms with Crippen molar-refractivity contribution in [2.24, 2.45) is 0 Å². The second-order valence-electron chi connectivity index (χ2n) is 4.70. The summed E-state index contributed by atoms with van der Waals surface area (Å²) in [5.41, 5.74) is 0. The van der Waals surface area contributed by atoms with Crippen LogP contribution in [0.1, 0.15) is 34.1 Å². The van der Waals surface area contributed by atoms with E-state index in [9.17, 15) is 0 Å². The Kier molecular flexibility index (Phi) is 4.48. The fraction of sp³-hybridized carbons (Fsp3) is 0.909. The highest BCUT2D eigenvalue weighted by Gasteiger charge is 2.23. The van der Waals surface area contributed by atoms with Crippen molar-refractivity contribution in [3.63, 3.8) is 0 Å². The molecule has 1 heterocycles. The van der Waals surface area contributed by atoms with Crippen molar-refractivity contribution in [2.45, 2.75) is 52.2 Å². The molecule has 0 radical (unpaired) electrons. The molecule has 0 spiro atoms. The minimum Gasteiger partial charge on any atom is -0.308 e. The minimum atomic E-state index is 0.576. The summed E-state index contributed by atoms with van der Waals surface area (Å²) in [5, 5.41) is 3.46. The fourth-order valence-electron chi connectivity index (χ4n) is 2.08. The number of nitrogens with zero attached hydrogens (tertiary/aromatic N) is 1. The first-order valence-electron chi connectivity index (χ1n) is 5.51. The monoisotopic (exact) mass is 214 g/mol. The number of nitrogens with one attached hydrogen (secondary N) is 1. The van der Waals surface area contributed by atoms with Gasteiger partial charge in [0.25, 0.3) is 0 Å². The first kappa shape index (κ1) is 12.1. The van der Waals surface area contributed by atoms with E-state index in [1.54, 1.807) is 0 Å². The standard InChI is InChI=1S/C11H22N2S/c1-8(2)13(9(3)4)7-10-5-11(14)6-12-10/h8-10,12H,5-7H2,1-4H3. The SMILES string of the molecule is CC(C)N(CC1CC(=S)CN1)C(C)C. The van der Waals surface area contributed by atoms with Crippen LogP contribution in [0.3, 0.4) is 0 Å². The van der Waals surface area contributed by atoms with Gasteiger partial charge in [-0.3, -0.25) is 4.90 Å². The zero-order valence-corrected chi connectivity index (χ0v) is 10.5. The van der Waals surface area contributed by atoms with Crippen molar-refractivity contribution in [2.75, 3.05) is 13.1 Å². The summed E-state index contributed by atoms with van der Waals surface area (Å²) < 4.78 is 0. The molecule has 0 saturated carbocycles. The molecule has 1 aliphatic rings. The van der Waals surface area contributed by atoms with E-state index in [0.717, 1.165) is 19.5 Å². The van der Waals surface area contributed by atoms with Gasteiger partial charge in [-0.05, 0) is 34.1 Å². The predicted octanol–water partition coefficient (Wildman–Crippen LogP) is 1.84. The van der Waals surface area contributed by atoms with Crippen molar-refractivity contribution in [1.29, 1.82) is 0 Å². The third-order valence-electron chi connectivity index (χ3n) is 2.82. The van der Waals surface area contributed by atoms with Gasteiger partial charge in [0.05, 0.1) is 0 Å². The van der Waals surface area contributed by atoms with Crippen LogP contribution in [-0.2, 0) is 0 Å². The van der Waals surface area contributed by atoms with Crippen molar-refractivity contribution >= 4 is 17.1 Å². The minimum absolute atomic E-state index is 0.576. The molecule has 0 aliphatic carbocycles. The number of thiocarbonyl (C=S) groups is 1. The summed E-state index contributed by atoms with van der Waals surface area (Å²) in [6.45, 7) is 11.1. The van der Waals surface area contributed by atoms with E-state index in [1.807, 2.05) is 0 Å². The predicted molar refractivity (Wildman–Crippen MR) is 66.0 cm³/mol. The third kappa shape index (κ3) is 3.30. The van der Waals surface area contributed by atoms with Crippen LogP contribution in [0.2, 0.25) is 0 Å². The quantitative estimate of drug-likeness (QED) is 0.719. The summed E-state index contributed by atoms with van der Waals surface area (Å²) in [6.07, 6.45) is 1.07. The van der Waals surface area contributed by atoms with Crippen LogP contribution in [0.4, 0.5) is 0 Å². The van der Waals surface area contributed by atoms with Crippen LogP contribution in [0, 0.1) is 0 Å². The van der Waals surface area contributed by atoms with E-state index < -0.39 is 0 Å². The van der Waals surface area contributed by atoms with Gasteiger partial charge in [-0.25, -0.2) is 0 Å². The van der Waals surface area contributed by atoms with Gasteiger partial charge in [0.2, 0.25) is 0 Å². The Morgan fingerprint density at radius 2 is 1.93 bits per heavy atom. The lowest BCUT2D eigenvalue weighted by Gasteiger charge is -2.32. The summed E-state index contributed by atoms with van der Waals surface area (Å²) >= 11 is 5.20. The van der Waals surface area contributed by atoms with Crippen molar-refractivity contribution < 1.29 is 0 Å². The molecule has 1 fully saturated rings. The topological polar surface area (TPSA) is 15.3 Å². The van der Waals surface area contributed by atoms with Crippen LogP contribution < -0.4 is 5.32 Å². The highest BCUT2D eigenvalue weighted by Crippen LogP contribution is 2.11. The lowest BCUT2D eigenvalue weighted by molar-refractivity contribution is 0.160. The molecule has 1 atom stereocenters. The zero-order chi connectivity index (χ0) is 10.7. The molecular formula is C11H22N2S. The van der Waals surface area contributed by atoms with Crippen LogP contribution in [-0.4, -0.2) is 41.0 Å². The normalized spacial score (nSPS) is 23.1. The summed E-state index contributed by atoms with van der Waals surface area (Å²) in [6, 6.07) is 1.81. The fourth-order valence-corrected chi connectivity index (χ4v) is 2.36. The second kappa shape index (κ2) is 5.19. The molecule has 1 unspecified atom stereocenters. The van der Waals surface area contributed by atoms with Gasteiger partial charge in [0.15, 0.2) is 0 Å². The van der Waals surface area contributed by atoms with E-state index in [0.29, 0.717) is 18.1 Å².